The molecular formula is C10H8N2O4S2. The van der Waals surface area contributed by atoms with E-state index >= 15 is 0 Å². The average molecular weight is 284 g/mol. The summed E-state index contributed by atoms with van der Waals surface area (Å²) in [6.45, 7) is 0. The number of carboxylic acids is 1. The molecule has 0 aliphatic carbocycles. The lowest BCUT2D eigenvalue weighted by Gasteiger charge is -2.00. The van der Waals surface area contributed by atoms with E-state index in [9.17, 15) is 13.2 Å². The Bertz CT molecular complexity index is 689. The van der Waals surface area contributed by atoms with Gasteiger partial charge in [0, 0.05) is 11.8 Å². The molecule has 0 aliphatic heterocycles. The van der Waals surface area contributed by atoms with Crippen LogP contribution in [0.4, 0.5) is 0 Å². The van der Waals surface area contributed by atoms with E-state index in [1.54, 1.807) is 0 Å². The molecule has 2 rings (SSSR count). The number of aromatic carboxylic acids is 1. The van der Waals surface area contributed by atoms with Crippen LogP contribution in [0.5, 0.6) is 0 Å². The van der Waals surface area contributed by atoms with Gasteiger partial charge in [-0.3, -0.25) is 0 Å². The molecule has 0 fully saturated rings. The second-order valence-electron chi connectivity index (χ2n) is 3.55. The zero-order chi connectivity index (χ0) is 13.3. The van der Waals surface area contributed by atoms with E-state index < -0.39 is 15.8 Å². The van der Waals surface area contributed by atoms with Gasteiger partial charge in [0.15, 0.2) is 14.7 Å². The third-order valence-electron chi connectivity index (χ3n) is 2.24. The van der Waals surface area contributed by atoms with Crippen LogP contribution in [0, 0.1) is 0 Å². The Labute approximate surface area is 107 Å². The van der Waals surface area contributed by atoms with Crippen molar-refractivity contribution >= 4 is 27.3 Å². The number of carboxylic acid groups (broad SMARTS) is 1. The van der Waals surface area contributed by atoms with Gasteiger partial charge in [-0.1, -0.05) is 16.6 Å². The SMILES string of the molecule is CS(=O)(=O)c1ccc(-c2nnsc2C(=O)O)cc1. The largest absolute Gasteiger partial charge is 0.477 e. The molecule has 0 bridgehead atoms. The summed E-state index contributed by atoms with van der Waals surface area (Å²) in [7, 11) is -3.26. The Morgan fingerprint density at radius 2 is 1.89 bits per heavy atom. The minimum atomic E-state index is -3.26. The van der Waals surface area contributed by atoms with Gasteiger partial charge in [-0.2, -0.15) is 0 Å². The minimum Gasteiger partial charge on any atom is -0.477 e. The monoisotopic (exact) mass is 284 g/mol. The van der Waals surface area contributed by atoms with Gasteiger partial charge in [0.25, 0.3) is 0 Å². The molecule has 0 atom stereocenters. The van der Waals surface area contributed by atoms with Gasteiger partial charge < -0.3 is 5.11 Å². The van der Waals surface area contributed by atoms with Crippen molar-refractivity contribution in [3.8, 4) is 11.3 Å². The van der Waals surface area contributed by atoms with Crippen molar-refractivity contribution < 1.29 is 18.3 Å². The van der Waals surface area contributed by atoms with E-state index in [2.05, 4.69) is 9.59 Å². The smallest absolute Gasteiger partial charge is 0.349 e. The van der Waals surface area contributed by atoms with Gasteiger partial charge in [0.1, 0.15) is 5.69 Å². The molecule has 1 heterocycles. The number of hydrogen-bond acceptors (Lipinski definition) is 6. The van der Waals surface area contributed by atoms with Gasteiger partial charge in [-0.15, -0.1) is 5.10 Å². The van der Waals surface area contributed by atoms with Crippen molar-refractivity contribution in [3.05, 3.63) is 29.1 Å². The number of benzene rings is 1. The summed E-state index contributed by atoms with van der Waals surface area (Å²) in [5, 5.41) is 12.7. The molecule has 0 amide bonds. The second-order valence-corrected chi connectivity index (χ2v) is 6.32. The van der Waals surface area contributed by atoms with Crippen LogP contribution < -0.4 is 0 Å². The van der Waals surface area contributed by atoms with Crippen molar-refractivity contribution in [2.24, 2.45) is 0 Å². The quantitative estimate of drug-likeness (QED) is 0.912. The lowest BCUT2D eigenvalue weighted by molar-refractivity contribution is 0.0702. The first kappa shape index (κ1) is 12.7. The van der Waals surface area contributed by atoms with Crippen molar-refractivity contribution in [2.45, 2.75) is 4.90 Å². The van der Waals surface area contributed by atoms with Gasteiger partial charge in [-0.05, 0) is 23.7 Å². The lowest BCUT2D eigenvalue weighted by atomic mass is 10.1. The first-order chi connectivity index (χ1) is 8.39. The van der Waals surface area contributed by atoms with Gasteiger partial charge >= 0.3 is 5.97 Å². The number of aromatic nitrogens is 2. The summed E-state index contributed by atoms with van der Waals surface area (Å²) in [6, 6.07) is 5.85. The van der Waals surface area contributed by atoms with Crippen LogP contribution >= 0.6 is 11.5 Å². The Morgan fingerprint density at radius 3 is 2.39 bits per heavy atom. The van der Waals surface area contributed by atoms with E-state index in [0.717, 1.165) is 17.8 Å². The fourth-order valence-electron chi connectivity index (χ4n) is 1.38. The summed E-state index contributed by atoms with van der Waals surface area (Å²) >= 11 is 0.783. The van der Waals surface area contributed by atoms with Crippen LogP contribution in [-0.2, 0) is 9.84 Å². The standard InChI is InChI=1S/C10H8N2O4S2/c1-18(15,16)7-4-2-6(3-5-7)8-9(10(13)14)17-12-11-8/h2-5H,1H3,(H,13,14). The number of nitrogens with zero attached hydrogens (tertiary/aromatic N) is 2. The first-order valence-corrected chi connectivity index (χ1v) is 7.42. The molecule has 94 valence electrons. The maximum absolute atomic E-state index is 11.3. The molecule has 1 aromatic carbocycles. The molecule has 18 heavy (non-hydrogen) atoms. The molecule has 1 aromatic heterocycles. The number of sulfone groups is 1. The zero-order valence-corrected chi connectivity index (χ0v) is 10.8. The molecule has 0 unspecified atom stereocenters. The summed E-state index contributed by atoms with van der Waals surface area (Å²) in [5.74, 6) is -1.10. The molecule has 1 N–H and O–H groups in total. The predicted molar refractivity (Wildman–Crippen MR) is 65.4 cm³/mol. The normalized spacial score (nSPS) is 11.4. The van der Waals surface area contributed by atoms with E-state index in [1.165, 1.54) is 24.3 Å². The van der Waals surface area contributed by atoms with Crippen LogP contribution in [0.1, 0.15) is 9.67 Å². The van der Waals surface area contributed by atoms with Crippen LogP contribution in [0.2, 0.25) is 0 Å². The molecule has 2 aromatic rings. The van der Waals surface area contributed by atoms with Crippen molar-refractivity contribution in [2.75, 3.05) is 6.26 Å². The van der Waals surface area contributed by atoms with Gasteiger partial charge in [0.2, 0.25) is 0 Å². The zero-order valence-electron chi connectivity index (χ0n) is 9.19. The second kappa shape index (κ2) is 4.46. The maximum Gasteiger partial charge on any atom is 0.349 e. The lowest BCUT2D eigenvalue weighted by Crippen LogP contribution is -1.98. The first-order valence-electron chi connectivity index (χ1n) is 4.76. The number of carbonyl (C=O) groups is 1. The maximum atomic E-state index is 11.3. The van der Waals surface area contributed by atoms with Gasteiger partial charge in [-0.25, -0.2) is 13.2 Å². The van der Waals surface area contributed by atoms with Crippen LogP contribution in [0.15, 0.2) is 29.2 Å². The third-order valence-corrected chi connectivity index (χ3v) is 4.08. The summed E-state index contributed by atoms with van der Waals surface area (Å²) in [4.78, 5) is 11.1. The highest BCUT2D eigenvalue weighted by atomic mass is 32.2. The van der Waals surface area contributed by atoms with Gasteiger partial charge in [0.05, 0.1) is 4.90 Å². The summed E-state index contributed by atoms with van der Waals surface area (Å²) < 4.78 is 26.2. The van der Waals surface area contributed by atoms with Crippen LogP contribution in [0.3, 0.4) is 0 Å². The van der Waals surface area contributed by atoms with E-state index in [0.29, 0.717) is 5.56 Å². The highest BCUT2D eigenvalue weighted by Gasteiger charge is 2.17. The number of rotatable bonds is 3. The Morgan fingerprint density at radius 1 is 1.28 bits per heavy atom. The summed E-state index contributed by atoms with van der Waals surface area (Å²) in [6.07, 6.45) is 1.11. The molecule has 0 radical (unpaired) electrons. The summed E-state index contributed by atoms with van der Waals surface area (Å²) in [5.41, 5.74) is 0.765. The van der Waals surface area contributed by atoms with Crippen molar-refractivity contribution in [3.63, 3.8) is 0 Å². The average Bonchev–Trinajstić information content (AvgIpc) is 2.77. The van der Waals surface area contributed by atoms with E-state index in [1.807, 2.05) is 0 Å². The predicted octanol–water partition coefficient (Wildman–Crippen LogP) is 1.31. The molecular weight excluding hydrogens is 276 g/mol. The number of hydrogen-bond donors (Lipinski definition) is 1. The Hall–Kier alpha value is -1.80. The van der Waals surface area contributed by atoms with Crippen LogP contribution in [0.25, 0.3) is 11.3 Å². The Kier molecular flexibility index (Phi) is 3.14. The highest BCUT2D eigenvalue weighted by molar-refractivity contribution is 7.90. The van der Waals surface area contributed by atoms with E-state index in [-0.39, 0.29) is 15.5 Å². The van der Waals surface area contributed by atoms with E-state index in [4.69, 9.17) is 5.11 Å². The fourth-order valence-corrected chi connectivity index (χ4v) is 2.54. The van der Waals surface area contributed by atoms with Crippen molar-refractivity contribution in [1.82, 2.24) is 9.59 Å². The van der Waals surface area contributed by atoms with Crippen molar-refractivity contribution in [1.29, 1.82) is 0 Å². The topological polar surface area (TPSA) is 97.2 Å². The highest BCUT2D eigenvalue weighted by Crippen LogP contribution is 2.24. The third kappa shape index (κ3) is 2.39. The molecule has 0 aliphatic rings. The molecule has 0 saturated heterocycles. The molecule has 6 nitrogen and oxygen atoms in total. The molecule has 8 heteroatoms. The van der Waals surface area contributed by atoms with Crippen LogP contribution in [-0.4, -0.2) is 35.3 Å². The fraction of sp³-hybridized carbons (Fsp3) is 0.100. The Balaban J connectivity index is 2.47. The molecule has 0 spiro atoms. The minimum absolute atomic E-state index is 0.0297. The molecule has 0 saturated carbocycles.